The Labute approximate surface area is 85.3 Å². The van der Waals surface area contributed by atoms with Crippen LogP contribution in [0.5, 0.6) is 0 Å². The molecule has 0 bridgehead atoms. The van der Waals surface area contributed by atoms with Gasteiger partial charge in [0.2, 0.25) is 5.91 Å². The lowest BCUT2D eigenvalue weighted by Crippen LogP contribution is -2.58. The molecule has 0 radical (unpaired) electrons. The number of nitrogens with zero attached hydrogens (tertiary/aromatic N) is 1. The minimum atomic E-state index is -0.235. The van der Waals surface area contributed by atoms with Gasteiger partial charge in [-0.15, -0.1) is 0 Å². The number of nitrogens with one attached hydrogen (secondary N) is 1. The number of β-amino-alcohol motifs (C(OH)–C–C–N with tert-alkyl or cyclic N) is 1. The van der Waals surface area contributed by atoms with Gasteiger partial charge in [0.25, 0.3) is 0 Å². The van der Waals surface area contributed by atoms with Crippen LogP contribution in [-0.2, 0) is 4.79 Å². The van der Waals surface area contributed by atoms with Crippen LogP contribution >= 0.6 is 0 Å². The number of amides is 1. The van der Waals surface area contributed by atoms with Crippen LogP contribution < -0.4 is 5.32 Å². The highest BCUT2D eigenvalue weighted by molar-refractivity contribution is 5.81. The number of hydrogen-bond acceptors (Lipinski definition) is 3. The highest BCUT2D eigenvalue weighted by atomic mass is 16.3. The smallest absolute Gasteiger partial charge is 0.237 e. The maximum absolute atomic E-state index is 11.5. The molecule has 14 heavy (non-hydrogen) atoms. The van der Waals surface area contributed by atoms with E-state index in [9.17, 15) is 4.79 Å². The third kappa shape index (κ3) is 2.96. The standard InChI is InChI=1S/C10H20N2O2/c1-3-4-5-11-10(14)8(2)12-6-9(13)7-12/h8-9,13H,3-7H2,1-2H3,(H,11,14). The first-order valence-electron chi connectivity index (χ1n) is 5.35. The molecule has 0 spiro atoms. The maximum Gasteiger partial charge on any atom is 0.237 e. The molecule has 82 valence electrons. The van der Waals surface area contributed by atoms with Gasteiger partial charge >= 0.3 is 0 Å². The molecule has 0 aromatic heterocycles. The highest BCUT2D eigenvalue weighted by Crippen LogP contribution is 2.11. The quantitative estimate of drug-likeness (QED) is 0.613. The van der Waals surface area contributed by atoms with Crippen LogP contribution in [0.25, 0.3) is 0 Å². The normalized spacial score (nSPS) is 20.2. The first-order valence-corrected chi connectivity index (χ1v) is 5.35. The maximum atomic E-state index is 11.5. The summed E-state index contributed by atoms with van der Waals surface area (Å²) in [5.41, 5.74) is 0. The van der Waals surface area contributed by atoms with Crippen LogP contribution in [0, 0.1) is 0 Å². The Bertz CT molecular complexity index is 191. The van der Waals surface area contributed by atoms with Crippen molar-refractivity contribution in [2.45, 2.75) is 38.8 Å². The summed E-state index contributed by atoms with van der Waals surface area (Å²) in [7, 11) is 0. The third-order valence-electron chi connectivity index (χ3n) is 2.65. The van der Waals surface area contributed by atoms with E-state index < -0.39 is 0 Å². The topological polar surface area (TPSA) is 52.6 Å². The van der Waals surface area contributed by atoms with Crippen LogP contribution in [0.3, 0.4) is 0 Å². The van der Waals surface area contributed by atoms with Gasteiger partial charge in [-0.05, 0) is 13.3 Å². The summed E-state index contributed by atoms with van der Waals surface area (Å²) in [4.78, 5) is 13.5. The summed E-state index contributed by atoms with van der Waals surface area (Å²) in [5, 5.41) is 12.0. The van der Waals surface area contributed by atoms with Gasteiger partial charge in [-0.1, -0.05) is 13.3 Å². The Morgan fingerprint density at radius 1 is 1.64 bits per heavy atom. The SMILES string of the molecule is CCCCNC(=O)C(C)N1CC(O)C1. The number of likely N-dealkylation sites (tertiary alicyclic amines) is 1. The number of carbonyl (C=O) groups excluding carboxylic acids is 1. The largest absolute Gasteiger partial charge is 0.390 e. The first kappa shape index (κ1) is 11.5. The summed E-state index contributed by atoms with van der Waals surface area (Å²) >= 11 is 0. The van der Waals surface area contributed by atoms with Crippen LogP contribution in [0.4, 0.5) is 0 Å². The van der Waals surface area contributed by atoms with Gasteiger partial charge in [0, 0.05) is 19.6 Å². The molecular formula is C10H20N2O2. The fourth-order valence-corrected chi connectivity index (χ4v) is 1.51. The van der Waals surface area contributed by atoms with Crippen molar-refractivity contribution >= 4 is 5.91 Å². The van der Waals surface area contributed by atoms with Gasteiger partial charge in [-0.3, -0.25) is 9.69 Å². The molecule has 1 saturated heterocycles. The van der Waals surface area contributed by atoms with Crippen LogP contribution in [0.1, 0.15) is 26.7 Å². The molecule has 1 rings (SSSR count). The molecule has 0 aliphatic carbocycles. The summed E-state index contributed by atoms with van der Waals surface area (Å²) in [6.45, 7) is 6.00. The van der Waals surface area contributed by atoms with Crippen LogP contribution in [-0.4, -0.2) is 47.7 Å². The van der Waals surface area contributed by atoms with Crippen molar-refractivity contribution in [2.75, 3.05) is 19.6 Å². The van der Waals surface area contributed by atoms with Crippen molar-refractivity contribution in [3.63, 3.8) is 0 Å². The molecular weight excluding hydrogens is 180 g/mol. The minimum absolute atomic E-state index is 0.0744. The van der Waals surface area contributed by atoms with E-state index in [1.807, 2.05) is 11.8 Å². The van der Waals surface area contributed by atoms with E-state index in [0.717, 1.165) is 19.4 Å². The molecule has 2 N–H and O–H groups in total. The van der Waals surface area contributed by atoms with Gasteiger partial charge in [-0.2, -0.15) is 0 Å². The van der Waals surface area contributed by atoms with E-state index >= 15 is 0 Å². The molecule has 4 nitrogen and oxygen atoms in total. The lowest BCUT2D eigenvalue weighted by Gasteiger charge is -2.39. The van der Waals surface area contributed by atoms with Gasteiger partial charge < -0.3 is 10.4 Å². The van der Waals surface area contributed by atoms with E-state index in [2.05, 4.69) is 12.2 Å². The summed E-state index contributed by atoms with van der Waals surface area (Å²) < 4.78 is 0. The van der Waals surface area contributed by atoms with E-state index in [4.69, 9.17) is 5.11 Å². The summed E-state index contributed by atoms with van der Waals surface area (Å²) in [5.74, 6) is 0.0744. The average molecular weight is 200 g/mol. The number of aliphatic hydroxyl groups excluding tert-OH is 1. The zero-order valence-electron chi connectivity index (χ0n) is 8.99. The second-order valence-corrected chi connectivity index (χ2v) is 3.93. The molecule has 1 atom stereocenters. The number of unbranched alkanes of at least 4 members (excludes halogenated alkanes) is 1. The zero-order chi connectivity index (χ0) is 10.6. The van der Waals surface area contributed by atoms with Crippen molar-refractivity contribution in [1.82, 2.24) is 10.2 Å². The van der Waals surface area contributed by atoms with E-state index in [1.165, 1.54) is 0 Å². The monoisotopic (exact) mass is 200 g/mol. The molecule has 1 unspecified atom stereocenters. The van der Waals surface area contributed by atoms with Crippen LogP contribution in [0.15, 0.2) is 0 Å². The van der Waals surface area contributed by atoms with Crippen LogP contribution in [0.2, 0.25) is 0 Å². The van der Waals surface area contributed by atoms with Crippen molar-refractivity contribution in [2.24, 2.45) is 0 Å². The Morgan fingerprint density at radius 3 is 2.79 bits per heavy atom. The Kier molecular flexibility index (Phi) is 4.35. The highest BCUT2D eigenvalue weighted by Gasteiger charge is 2.31. The molecule has 1 aliphatic rings. The number of rotatable bonds is 5. The fourth-order valence-electron chi connectivity index (χ4n) is 1.51. The van der Waals surface area contributed by atoms with Gasteiger partial charge in [0.1, 0.15) is 0 Å². The van der Waals surface area contributed by atoms with E-state index in [-0.39, 0.29) is 18.1 Å². The van der Waals surface area contributed by atoms with E-state index in [1.54, 1.807) is 0 Å². The fraction of sp³-hybridized carbons (Fsp3) is 0.900. The van der Waals surface area contributed by atoms with Crippen molar-refractivity contribution in [1.29, 1.82) is 0 Å². The second-order valence-electron chi connectivity index (χ2n) is 3.93. The van der Waals surface area contributed by atoms with Gasteiger partial charge in [0.15, 0.2) is 0 Å². The first-order chi connectivity index (χ1) is 6.65. The summed E-state index contributed by atoms with van der Waals surface area (Å²) in [6, 6.07) is -0.102. The molecule has 0 aromatic carbocycles. The van der Waals surface area contributed by atoms with Gasteiger partial charge in [-0.25, -0.2) is 0 Å². The molecule has 1 fully saturated rings. The predicted molar refractivity (Wildman–Crippen MR) is 55.0 cm³/mol. The molecule has 4 heteroatoms. The number of carbonyl (C=O) groups is 1. The zero-order valence-corrected chi connectivity index (χ0v) is 8.99. The minimum Gasteiger partial charge on any atom is -0.390 e. The van der Waals surface area contributed by atoms with Crippen molar-refractivity contribution in [3.05, 3.63) is 0 Å². The Balaban J connectivity index is 2.16. The average Bonchev–Trinajstić information content (AvgIpc) is 2.12. The second kappa shape index (κ2) is 5.32. The predicted octanol–water partition coefficient (Wildman–Crippen LogP) is -0.0323. The molecule has 1 heterocycles. The molecule has 1 aliphatic heterocycles. The lowest BCUT2D eigenvalue weighted by molar-refractivity contribution is -0.130. The third-order valence-corrected chi connectivity index (χ3v) is 2.65. The molecule has 1 amide bonds. The number of hydrogen-bond donors (Lipinski definition) is 2. The molecule has 0 aromatic rings. The Hall–Kier alpha value is -0.610. The lowest BCUT2D eigenvalue weighted by atomic mass is 10.1. The Morgan fingerprint density at radius 2 is 2.29 bits per heavy atom. The summed E-state index contributed by atoms with van der Waals surface area (Å²) in [6.07, 6.45) is 1.89. The van der Waals surface area contributed by atoms with E-state index in [0.29, 0.717) is 13.1 Å². The molecule has 0 saturated carbocycles. The van der Waals surface area contributed by atoms with Crippen molar-refractivity contribution < 1.29 is 9.90 Å². The van der Waals surface area contributed by atoms with Crippen molar-refractivity contribution in [3.8, 4) is 0 Å². The number of aliphatic hydroxyl groups is 1. The van der Waals surface area contributed by atoms with Gasteiger partial charge in [0.05, 0.1) is 12.1 Å².